The molecule has 0 saturated carbocycles. The zero-order valence-electron chi connectivity index (χ0n) is 13.7. The molecule has 3 rings (SSSR count). The molecule has 0 spiro atoms. The molecule has 5 heteroatoms. The number of nitrogens with one attached hydrogen (secondary N) is 1. The first-order valence-corrected chi connectivity index (χ1v) is 7.67. The van der Waals surface area contributed by atoms with Crippen LogP contribution in [0, 0.1) is 0 Å². The molecule has 0 aliphatic carbocycles. The van der Waals surface area contributed by atoms with Crippen LogP contribution in [0.5, 0.6) is 5.75 Å². The maximum Gasteiger partial charge on any atom is 0.231 e. The van der Waals surface area contributed by atoms with Crippen molar-refractivity contribution in [2.24, 2.45) is 7.05 Å². The molecule has 0 radical (unpaired) electrons. The van der Waals surface area contributed by atoms with E-state index in [1.54, 1.807) is 13.3 Å². The Balaban J connectivity index is 1.73. The van der Waals surface area contributed by atoms with Crippen LogP contribution >= 0.6 is 0 Å². The van der Waals surface area contributed by atoms with Crippen molar-refractivity contribution in [3.05, 3.63) is 66.4 Å². The Bertz CT molecular complexity index is 824. The first-order chi connectivity index (χ1) is 11.7. The number of carbonyl (C=O) groups excluding carboxylic acids is 1. The van der Waals surface area contributed by atoms with Gasteiger partial charge in [0.05, 0.1) is 25.4 Å². The number of hydrogen-bond acceptors (Lipinski definition) is 3. The summed E-state index contributed by atoms with van der Waals surface area (Å²) in [6, 6.07) is 17.4. The zero-order chi connectivity index (χ0) is 16.9. The highest BCUT2D eigenvalue weighted by molar-refractivity contribution is 5.91. The first-order valence-electron chi connectivity index (χ1n) is 7.67. The number of hydrogen-bond donors (Lipinski definition) is 1. The molecule has 24 heavy (non-hydrogen) atoms. The molecule has 1 aromatic heterocycles. The molecule has 5 nitrogen and oxygen atoms in total. The highest BCUT2D eigenvalue weighted by Crippen LogP contribution is 2.24. The number of rotatable bonds is 5. The van der Waals surface area contributed by atoms with Crippen molar-refractivity contribution in [3.63, 3.8) is 0 Å². The van der Waals surface area contributed by atoms with E-state index in [0.717, 1.165) is 22.6 Å². The molecule has 2 aromatic carbocycles. The van der Waals surface area contributed by atoms with Gasteiger partial charge in [-0.3, -0.25) is 10.1 Å². The van der Waals surface area contributed by atoms with Crippen LogP contribution in [0.1, 0.15) is 5.56 Å². The number of methoxy groups -OCH3 is 1. The highest BCUT2D eigenvalue weighted by atomic mass is 16.5. The summed E-state index contributed by atoms with van der Waals surface area (Å²) >= 11 is 0. The second-order valence-corrected chi connectivity index (χ2v) is 5.47. The number of imidazole rings is 1. The normalized spacial score (nSPS) is 10.4. The average Bonchev–Trinajstić information content (AvgIpc) is 2.96. The van der Waals surface area contributed by atoms with Gasteiger partial charge in [0.2, 0.25) is 11.9 Å². The Hall–Kier alpha value is -3.08. The van der Waals surface area contributed by atoms with Crippen molar-refractivity contribution in [1.82, 2.24) is 9.55 Å². The third-order valence-electron chi connectivity index (χ3n) is 3.83. The quantitative estimate of drug-likeness (QED) is 0.784. The van der Waals surface area contributed by atoms with Gasteiger partial charge in [-0.05, 0) is 29.8 Å². The molecular weight excluding hydrogens is 302 g/mol. The second kappa shape index (κ2) is 7.00. The lowest BCUT2D eigenvalue weighted by Crippen LogP contribution is -2.17. The summed E-state index contributed by atoms with van der Waals surface area (Å²) in [4.78, 5) is 16.5. The fraction of sp³-hybridized carbons (Fsp3) is 0.158. The Morgan fingerprint density at radius 2 is 1.83 bits per heavy atom. The van der Waals surface area contributed by atoms with Gasteiger partial charge < -0.3 is 9.30 Å². The van der Waals surface area contributed by atoms with Crippen molar-refractivity contribution >= 4 is 11.9 Å². The Morgan fingerprint density at radius 3 is 2.50 bits per heavy atom. The smallest absolute Gasteiger partial charge is 0.231 e. The minimum absolute atomic E-state index is 0.0869. The summed E-state index contributed by atoms with van der Waals surface area (Å²) in [5.74, 6) is 1.25. The predicted octanol–water partition coefficient (Wildman–Crippen LogP) is 3.28. The number of benzene rings is 2. The predicted molar refractivity (Wildman–Crippen MR) is 94.0 cm³/mol. The van der Waals surface area contributed by atoms with Gasteiger partial charge in [0.1, 0.15) is 5.75 Å². The second-order valence-electron chi connectivity index (χ2n) is 5.47. The lowest BCUT2D eigenvalue weighted by Gasteiger charge is -2.08. The highest BCUT2D eigenvalue weighted by Gasteiger charge is 2.11. The Morgan fingerprint density at radius 1 is 1.12 bits per heavy atom. The topological polar surface area (TPSA) is 56.1 Å². The summed E-state index contributed by atoms with van der Waals surface area (Å²) in [6.07, 6.45) is 2.07. The van der Waals surface area contributed by atoms with Gasteiger partial charge in [-0.2, -0.15) is 0 Å². The van der Waals surface area contributed by atoms with Crippen LogP contribution in [-0.4, -0.2) is 22.6 Å². The first kappa shape index (κ1) is 15.8. The van der Waals surface area contributed by atoms with Gasteiger partial charge in [-0.1, -0.05) is 30.3 Å². The van der Waals surface area contributed by atoms with E-state index in [-0.39, 0.29) is 5.91 Å². The summed E-state index contributed by atoms with van der Waals surface area (Å²) in [5, 5.41) is 2.86. The maximum atomic E-state index is 12.2. The number of anilines is 1. The van der Waals surface area contributed by atoms with Crippen molar-refractivity contribution in [1.29, 1.82) is 0 Å². The molecule has 1 amide bonds. The lowest BCUT2D eigenvalue weighted by atomic mass is 10.1. The molecule has 0 aliphatic heterocycles. The molecule has 0 saturated heterocycles. The fourth-order valence-corrected chi connectivity index (χ4v) is 2.51. The van der Waals surface area contributed by atoms with Crippen LogP contribution in [-0.2, 0) is 18.3 Å². The van der Waals surface area contributed by atoms with Crippen molar-refractivity contribution < 1.29 is 9.53 Å². The fourth-order valence-electron chi connectivity index (χ4n) is 2.51. The molecule has 3 aromatic rings. The average molecular weight is 321 g/mol. The van der Waals surface area contributed by atoms with Gasteiger partial charge in [0, 0.05) is 12.6 Å². The number of ether oxygens (including phenoxy) is 1. The number of nitrogens with zero attached hydrogens (tertiary/aromatic N) is 2. The molecule has 0 bridgehead atoms. The maximum absolute atomic E-state index is 12.2. The van der Waals surface area contributed by atoms with Gasteiger partial charge in [0.15, 0.2) is 0 Å². The van der Waals surface area contributed by atoms with Gasteiger partial charge >= 0.3 is 0 Å². The van der Waals surface area contributed by atoms with Crippen LogP contribution in [0.2, 0.25) is 0 Å². The lowest BCUT2D eigenvalue weighted by molar-refractivity contribution is -0.115. The molecule has 122 valence electrons. The van der Waals surface area contributed by atoms with Gasteiger partial charge in [-0.15, -0.1) is 0 Å². The summed E-state index contributed by atoms with van der Waals surface area (Å²) < 4.78 is 7.04. The number of amides is 1. The molecule has 0 atom stereocenters. The molecule has 1 heterocycles. The third kappa shape index (κ3) is 3.46. The van der Waals surface area contributed by atoms with E-state index < -0.39 is 0 Å². The monoisotopic (exact) mass is 321 g/mol. The summed E-state index contributed by atoms with van der Waals surface area (Å²) in [5.41, 5.74) is 2.90. The molecule has 1 N–H and O–H groups in total. The van der Waals surface area contributed by atoms with Crippen LogP contribution < -0.4 is 10.1 Å². The van der Waals surface area contributed by atoms with Crippen molar-refractivity contribution in [3.8, 4) is 17.0 Å². The standard InChI is InChI=1S/C19H19N3O2/c1-22-17(15-8-10-16(24-2)11-9-15)13-20-19(22)21-18(23)12-14-6-4-3-5-7-14/h3-11,13H,12H2,1-2H3,(H,20,21,23). The van der Waals surface area contributed by atoms with Crippen LogP contribution in [0.3, 0.4) is 0 Å². The zero-order valence-corrected chi connectivity index (χ0v) is 13.7. The van der Waals surface area contributed by atoms with Crippen molar-refractivity contribution in [2.45, 2.75) is 6.42 Å². The SMILES string of the molecule is COc1ccc(-c2cnc(NC(=O)Cc3ccccc3)n2C)cc1. The minimum atomic E-state index is -0.0869. The summed E-state index contributed by atoms with van der Waals surface area (Å²) in [6.45, 7) is 0. The molecule has 0 fully saturated rings. The van der Waals surface area contributed by atoms with Gasteiger partial charge in [-0.25, -0.2) is 4.98 Å². The largest absolute Gasteiger partial charge is 0.497 e. The van der Waals surface area contributed by atoms with E-state index in [0.29, 0.717) is 12.4 Å². The third-order valence-corrected chi connectivity index (χ3v) is 3.83. The van der Waals surface area contributed by atoms with Crippen molar-refractivity contribution in [2.75, 3.05) is 12.4 Å². The van der Waals surface area contributed by atoms with E-state index in [1.807, 2.05) is 66.2 Å². The van der Waals surface area contributed by atoms with Gasteiger partial charge in [0.25, 0.3) is 0 Å². The van der Waals surface area contributed by atoms with E-state index in [2.05, 4.69) is 10.3 Å². The van der Waals surface area contributed by atoms with E-state index in [9.17, 15) is 4.79 Å². The van der Waals surface area contributed by atoms with E-state index in [1.165, 1.54) is 0 Å². The van der Waals surface area contributed by atoms with E-state index in [4.69, 9.17) is 4.74 Å². The number of carbonyl (C=O) groups is 1. The Labute approximate surface area is 140 Å². The van der Waals surface area contributed by atoms with E-state index >= 15 is 0 Å². The molecule has 0 unspecified atom stereocenters. The molecule has 0 aliphatic rings. The minimum Gasteiger partial charge on any atom is -0.497 e. The Kier molecular flexibility index (Phi) is 4.61. The molecular formula is C19H19N3O2. The van der Waals surface area contributed by atoms with Crippen LogP contribution in [0.15, 0.2) is 60.8 Å². The van der Waals surface area contributed by atoms with Crippen LogP contribution in [0.4, 0.5) is 5.95 Å². The van der Waals surface area contributed by atoms with Crippen LogP contribution in [0.25, 0.3) is 11.3 Å². The number of aromatic nitrogens is 2. The summed E-state index contributed by atoms with van der Waals surface area (Å²) in [7, 11) is 3.52.